The van der Waals surface area contributed by atoms with Gasteiger partial charge in [-0.15, -0.1) is 0 Å². The molecule has 3 rings (SSSR count). The highest BCUT2D eigenvalue weighted by Crippen LogP contribution is 2.24. The lowest BCUT2D eigenvalue weighted by atomic mass is 10.0. The fourth-order valence-corrected chi connectivity index (χ4v) is 2.84. The van der Waals surface area contributed by atoms with Crippen molar-refractivity contribution in [3.05, 3.63) is 48.3 Å². The van der Waals surface area contributed by atoms with Crippen molar-refractivity contribution in [2.24, 2.45) is 7.05 Å². The molecule has 0 atom stereocenters. The number of carbonyl (C=O) groups is 1. The maximum atomic E-state index is 12.3. The van der Waals surface area contributed by atoms with E-state index in [-0.39, 0.29) is 5.91 Å². The molecular formula is C18H22N4O2. The Morgan fingerprint density at radius 2 is 2.21 bits per heavy atom. The van der Waals surface area contributed by atoms with Gasteiger partial charge in [0.2, 0.25) is 5.91 Å². The van der Waals surface area contributed by atoms with Crippen LogP contribution < -0.4 is 10.1 Å². The fraction of sp³-hybridized carbons (Fsp3) is 0.333. The molecule has 0 spiro atoms. The Kier molecular flexibility index (Phi) is 4.96. The van der Waals surface area contributed by atoms with Crippen molar-refractivity contribution < 1.29 is 9.53 Å². The predicted octanol–water partition coefficient (Wildman–Crippen LogP) is 2.16. The van der Waals surface area contributed by atoms with Crippen molar-refractivity contribution in [1.29, 1.82) is 0 Å². The molecule has 1 aromatic heterocycles. The average Bonchev–Trinajstić information content (AvgIpc) is 3.02. The maximum absolute atomic E-state index is 12.3. The minimum Gasteiger partial charge on any atom is -0.495 e. The fourth-order valence-electron chi connectivity index (χ4n) is 2.84. The summed E-state index contributed by atoms with van der Waals surface area (Å²) in [5.41, 5.74) is 3.16. The van der Waals surface area contributed by atoms with Crippen molar-refractivity contribution >= 4 is 17.2 Å². The highest BCUT2D eigenvalue weighted by atomic mass is 16.5. The van der Waals surface area contributed by atoms with Gasteiger partial charge in [0.1, 0.15) is 5.75 Å². The van der Waals surface area contributed by atoms with Crippen LogP contribution in [0.3, 0.4) is 0 Å². The molecule has 1 amide bonds. The van der Waals surface area contributed by atoms with Crippen molar-refractivity contribution in [1.82, 2.24) is 14.7 Å². The first-order valence-corrected chi connectivity index (χ1v) is 7.99. The third-order valence-corrected chi connectivity index (χ3v) is 4.12. The quantitative estimate of drug-likeness (QED) is 0.915. The lowest BCUT2D eigenvalue weighted by Gasteiger charge is -2.25. The number of rotatable bonds is 5. The van der Waals surface area contributed by atoms with Crippen LogP contribution in [-0.4, -0.2) is 47.3 Å². The molecule has 2 aromatic rings. The second-order valence-electron chi connectivity index (χ2n) is 5.87. The molecule has 6 nitrogen and oxygen atoms in total. The van der Waals surface area contributed by atoms with Gasteiger partial charge in [0.15, 0.2) is 0 Å². The van der Waals surface area contributed by atoms with Crippen molar-refractivity contribution in [2.75, 3.05) is 32.1 Å². The first-order valence-electron chi connectivity index (χ1n) is 7.99. The number of ether oxygens (including phenoxy) is 1. The van der Waals surface area contributed by atoms with Gasteiger partial charge in [0.05, 0.1) is 25.5 Å². The van der Waals surface area contributed by atoms with Gasteiger partial charge in [0, 0.05) is 31.9 Å². The highest BCUT2D eigenvalue weighted by Gasteiger charge is 2.17. The Morgan fingerprint density at radius 3 is 2.88 bits per heavy atom. The topological polar surface area (TPSA) is 59.4 Å². The molecular weight excluding hydrogens is 304 g/mol. The second kappa shape index (κ2) is 7.31. The van der Waals surface area contributed by atoms with Gasteiger partial charge < -0.3 is 10.1 Å². The predicted molar refractivity (Wildman–Crippen MR) is 93.9 cm³/mol. The standard InChI is InChI=1S/C18H22N4O2/c1-21-12-15(11-19-21)14-7-9-22(10-8-14)13-18(23)20-16-5-3-4-6-17(16)24-2/h3-7,11-12H,8-10,13H2,1-2H3,(H,20,23). The van der Waals surface area contributed by atoms with Crippen molar-refractivity contribution in [3.8, 4) is 5.75 Å². The lowest BCUT2D eigenvalue weighted by molar-refractivity contribution is -0.117. The minimum atomic E-state index is -0.0299. The van der Waals surface area contributed by atoms with E-state index in [1.54, 1.807) is 7.11 Å². The lowest BCUT2D eigenvalue weighted by Crippen LogP contribution is -2.36. The minimum absolute atomic E-state index is 0.0299. The normalized spacial score (nSPS) is 15.0. The second-order valence-corrected chi connectivity index (χ2v) is 5.87. The number of aromatic nitrogens is 2. The van der Waals surface area contributed by atoms with Crippen LogP contribution in [0.4, 0.5) is 5.69 Å². The number of aryl methyl sites for hydroxylation is 1. The van der Waals surface area contributed by atoms with Gasteiger partial charge in [-0.1, -0.05) is 18.2 Å². The number of nitrogens with zero attached hydrogens (tertiary/aromatic N) is 3. The summed E-state index contributed by atoms with van der Waals surface area (Å²) in [4.78, 5) is 14.4. The van der Waals surface area contributed by atoms with E-state index in [4.69, 9.17) is 4.74 Å². The van der Waals surface area contributed by atoms with E-state index in [2.05, 4.69) is 21.4 Å². The molecule has 0 saturated heterocycles. The summed E-state index contributed by atoms with van der Waals surface area (Å²) in [6, 6.07) is 7.43. The number of hydrogen-bond donors (Lipinski definition) is 1. The van der Waals surface area contributed by atoms with E-state index in [1.807, 2.05) is 48.4 Å². The van der Waals surface area contributed by atoms with Gasteiger partial charge in [-0.2, -0.15) is 5.10 Å². The van der Waals surface area contributed by atoms with Gasteiger partial charge in [-0.05, 0) is 24.1 Å². The molecule has 1 aliphatic heterocycles. The summed E-state index contributed by atoms with van der Waals surface area (Å²) in [6.07, 6.45) is 7.01. The van der Waals surface area contributed by atoms with Crippen LogP contribution in [0, 0.1) is 0 Å². The molecule has 0 unspecified atom stereocenters. The van der Waals surface area contributed by atoms with Crippen LogP contribution in [0.1, 0.15) is 12.0 Å². The maximum Gasteiger partial charge on any atom is 0.238 e. The van der Waals surface area contributed by atoms with Gasteiger partial charge >= 0.3 is 0 Å². The van der Waals surface area contributed by atoms with Crippen LogP contribution in [0.2, 0.25) is 0 Å². The molecule has 0 bridgehead atoms. The smallest absolute Gasteiger partial charge is 0.238 e. The molecule has 0 fully saturated rings. The monoisotopic (exact) mass is 326 g/mol. The zero-order valence-electron chi connectivity index (χ0n) is 14.0. The number of nitrogens with one attached hydrogen (secondary N) is 1. The zero-order valence-corrected chi connectivity index (χ0v) is 14.0. The summed E-state index contributed by atoms with van der Waals surface area (Å²) in [6.45, 7) is 2.00. The third-order valence-electron chi connectivity index (χ3n) is 4.12. The van der Waals surface area contributed by atoms with E-state index in [1.165, 1.54) is 5.57 Å². The van der Waals surface area contributed by atoms with E-state index in [0.717, 1.165) is 25.1 Å². The van der Waals surface area contributed by atoms with E-state index in [0.29, 0.717) is 18.0 Å². The number of carbonyl (C=O) groups excluding carboxylic acids is 1. The first-order chi connectivity index (χ1) is 11.7. The molecule has 1 aromatic carbocycles. The van der Waals surface area contributed by atoms with Crippen LogP contribution in [0.25, 0.3) is 5.57 Å². The number of methoxy groups -OCH3 is 1. The number of benzene rings is 1. The van der Waals surface area contributed by atoms with Crippen molar-refractivity contribution in [2.45, 2.75) is 6.42 Å². The molecule has 1 N–H and O–H groups in total. The SMILES string of the molecule is COc1ccccc1NC(=O)CN1CC=C(c2cnn(C)c2)CC1. The molecule has 126 valence electrons. The molecule has 0 saturated carbocycles. The highest BCUT2D eigenvalue weighted by molar-refractivity contribution is 5.93. The van der Waals surface area contributed by atoms with Crippen molar-refractivity contribution in [3.63, 3.8) is 0 Å². The first kappa shape index (κ1) is 16.3. The van der Waals surface area contributed by atoms with E-state index in [9.17, 15) is 4.79 Å². The summed E-state index contributed by atoms with van der Waals surface area (Å²) in [7, 11) is 3.52. The Balaban J connectivity index is 1.56. The van der Waals surface area contributed by atoms with Gasteiger partial charge in [-0.25, -0.2) is 0 Å². The Hall–Kier alpha value is -2.60. The average molecular weight is 326 g/mol. The Morgan fingerprint density at radius 1 is 1.38 bits per heavy atom. The third kappa shape index (κ3) is 3.83. The van der Waals surface area contributed by atoms with Crippen LogP contribution in [0.5, 0.6) is 5.75 Å². The van der Waals surface area contributed by atoms with Crippen LogP contribution >= 0.6 is 0 Å². The number of amides is 1. The molecule has 24 heavy (non-hydrogen) atoms. The van der Waals surface area contributed by atoms with Gasteiger partial charge in [0.25, 0.3) is 0 Å². The molecule has 0 aliphatic carbocycles. The summed E-state index contributed by atoms with van der Waals surface area (Å²) >= 11 is 0. The summed E-state index contributed by atoms with van der Waals surface area (Å²) in [5.74, 6) is 0.640. The molecule has 6 heteroatoms. The zero-order chi connectivity index (χ0) is 16.9. The molecule has 0 radical (unpaired) electrons. The van der Waals surface area contributed by atoms with Gasteiger partial charge in [-0.3, -0.25) is 14.4 Å². The number of para-hydroxylation sites is 2. The van der Waals surface area contributed by atoms with Crippen LogP contribution in [-0.2, 0) is 11.8 Å². The summed E-state index contributed by atoms with van der Waals surface area (Å²) in [5, 5.41) is 7.12. The Bertz CT molecular complexity index is 751. The molecule has 1 aliphatic rings. The van der Waals surface area contributed by atoms with E-state index >= 15 is 0 Å². The van der Waals surface area contributed by atoms with E-state index < -0.39 is 0 Å². The largest absolute Gasteiger partial charge is 0.495 e. The molecule has 2 heterocycles. The number of hydrogen-bond acceptors (Lipinski definition) is 4. The van der Waals surface area contributed by atoms with Crippen LogP contribution in [0.15, 0.2) is 42.7 Å². The summed E-state index contributed by atoms with van der Waals surface area (Å²) < 4.78 is 7.06. The Labute approximate surface area is 141 Å². The number of anilines is 1.